The second kappa shape index (κ2) is 5.64. The molecule has 0 aliphatic carbocycles. The van der Waals surface area contributed by atoms with Crippen molar-refractivity contribution >= 4 is 12.6 Å². The summed E-state index contributed by atoms with van der Waals surface area (Å²) in [5.41, 5.74) is 2.61. The lowest BCUT2D eigenvalue weighted by molar-refractivity contribution is 0.0342. The van der Waals surface area contributed by atoms with Crippen molar-refractivity contribution in [2.75, 3.05) is 26.3 Å². The Bertz CT molecular complexity index is 378. The molecule has 2 N–H and O–H groups in total. The average molecular weight is 235 g/mol. The molecule has 5 heteroatoms. The maximum atomic E-state index is 9.26. The van der Waals surface area contributed by atoms with Gasteiger partial charge in [-0.1, -0.05) is 23.8 Å². The highest BCUT2D eigenvalue weighted by Gasteiger charge is 2.16. The van der Waals surface area contributed by atoms with Gasteiger partial charge in [0.2, 0.25) is 0 Å². The van der Waals surface area contributed by atoms with Gasteiger partial charge in [-0.15, -0.1) is 0 Å². The number of nitrogens with zero attached hydrogens (tertiary/aromatic N) is 1. The Hall–Kier alpha value is -0.875. The van der Waals surface area contributed by atoms with Gasteiger partial charge in [0.15, 0.2) is 0 Å². The first-order valence-corrected chi connectivity index (χ1v) is 5.92. The molecule has 1 fully saturated rings. The number of aryl methyl sites for hydroxylation is 1. The molecular formula is C12H18BNO3. The minimum atomic E-state index is -1.39. The molecule has 1 aromatic carbocycles. The summed E-state index contributed by atoms with van der Waals surface area (Å²) >= 11 is 0. The molecule has 0 aromatic heterocycles. The Labute approximate surface area is 102 Å². The number of benzene rings is 1. The Morgan fingerprint density at radius 2 is 2.00 bits per heavy atom. The van der Waals surface area contributed by atoms with Crippen LogP contribution in [0.1, 0.15) is 11.1 Å². The maximum absolute atomic E-state index is 9.26. The summed E-state index contributed by atoms with van der Waals surface area (Å²) in [6.45, 7) is 6.15. The quantitative estimate of drug-likeness (QED) is 0.694. The predicted molar refractivity (Wildman–Crippen MR) is 67.1 cm³/mol. The molecule has 92 valence electrons. The third kappa shape index (κ3) is 3.29. The van der Waals surface area contributed by atoms with E-state index in [2.05, 4.69) is 4.90 Å². The Morgan fingerprint density at radius 1 is 1.29 bits per heavy atom. The van der Waals surface area contributed by atoms with Gasteiger partial charge >= 0.3 is 7.12 Å². The molecule has 0 spiro atoms. The van der Waals surface area contributed by atoms with Crippen molar-refractivity contribution in [2.45, 2.75) is 13.5 Å². The molecule has 2 rings (SSSR count). The van der Waals surface area contributed by atoms with E-state index in [1.54, 1.807) is 0 Å². The van der Waals surface area contributed by atoms with Crippen molar-refractivity contribution in [1.82, 2.24) is 4.90 Å². The van der Waals surface area contributed by atoms with E-state index in [-0.39, 0.29) is 0 Å². The van der Waals surface area contributed by atoms with E-state index >= 15 is 0 Å². The Balaban J connectivity index is 2.07. The van der Waals surface area contributed by atoms with Crippen LogP contribution in [0.15, 0.2) is 18.2 Å². The first kappa shape index (κ1) is 12.6. The molecule has 0 radical (unpaired) electrons. The summed E-state index contributed by atoms with van der Waals surface area (Å²) in [6, 6.07) is 5.84. The summed E-state index contributed by atoms with van der Waals surface area (Å²) in [5.74, 6) is 0. The van der Waals surface area contributed by atoms with E-state index in [0.29, 0.717) is 5.46 Å². The molecule has 0 bridgehead atoms. The van der Waals surface area contributed by atoms with E-state index in [1.807, 2.05) is 25.1 Å². The summed E-state index contributed by atoms with van der Waals surface area (Å²) in [4.78, 5) is 2.31. The van der Waals surface area contributed by atoms with Gasteiger partial charge in [-0.2, -0.15) is 0 Å². The third-order valence-corrected chi connectivity index (χ3v) is 3.13. The molecule has 1 saturated heterocycles. The van der Waals surface area contributed by atoms with Crippen LogP contribution in [0.5, 0.6) is 0 Å². The fourth-order valence-electron chi connectivity index (χ4n) is 2.08. The number of morpholine rings is 1. The summed E-state index contributed by atoms with van der Waals surface area (Å²) < 4.78 is 5.30. The van der Waals surface area contributed by atoms with Gasteiger partial charge < -0.3 is 14.8 Å². The fourth-order valence-corrected chi connectivity index (χ4v) is 2.08. The maximum Gasteiger partial charge on any atom is 0.488 e. The molecule has 4 nitrogen and oxygen atoms in total. The van der Waals surface area contributed by atoms with Crippen LogP contribution in [-0.2, 0) is 11.3 Å². The molecule has 1 aliphatic rings. The lowest BCUT2D eigenvalue weighted by Gasteiger charge is -2.26. The van der Waals surface area contributed by atoms with Gasteiger partial charge in [-0.25, -0.2) is 0 Å². The van der Waals surface area contributed by atoms with Crippen molar-refractivity contribution in [1.29, 1.82) is 0 Å². The van der Waals surface area contributed by atoms with E-state index < -0.39 is 7.12 Å². The van der Waals surface area contributed by atoms with Gasteiger partial charge in [0.25, 0.3) is 0 Å². The zero-order valence-electron chi connectivity index (χ0n) is 10.1. The lowest BCUT2D eigenvalue weighted by atomic mass is 9.76. The highest BCUT2D eigenvalue weighted by molar-refractivity contribution is 6.59. The van der Waals surface area contributed by atoms with Crippen LogP contribution in [0.3, 0.4) is 0 Å². The molecule has 0 amide bonds. The molecule has 17 heavy (non-hydrogen) atoms. The standard InChI is InChI=1S/C12H18BNO3/c1-10-2-3-11(8-12(10)13(15)16)9-14-4-6-17-7-5-14/h2-3,8,15-16H,4-7,9H2,1H3. The van der Waals surface area contributed by atoms with Gasteiger partial charge in [0, 0.05) is 19.6 Å². The first-order valence-electron chi connectivity index (χ1n) is 5.92. The molecule has 0 atom stereocenters. The van der Waals surface area contributed by atoms with Gasteiger partial charge in [-0.05, 0) is 17.9 Å². The van der Waals surface area contributed by atoms with E-state index in [9.17, 15) is 10.0 Å². The van der Waals surface area contributed by atoms with E-state index in [4.69, 9.17) is 4.74 Å². The van der Waals surface area contributed by atoms with Crippen LogP contribution in [-0.4, -0.2) is 48.4 Å². The van der Waals surface area contributed by atoms with Crippen LogP contribution in [0.4, 0.5) is 0 Å². The zero-order chi connectivity index (χ0) is 12.3. The minimum absolute atomic E-state index is 0.593. The summed E-state index contributed by atoms with van der Waals surface area (Å²) in [5, 5.41) is 18.5. The van der Waals surface area contributed by atoms with Crippen molar-refractivity contribution in [3.63, 3.8) is 0 Å². The molecule has 0 unspecified atom stereocenters. The zero-order valence-corrected chi connectivity index (χ0v) is 10.1. The number of ether oxygens (including phenoxy) is 1. The van der Waals surface area contributed by atoms with Crippen LogP contribution in [0.25, 0.3) is 0 Å². The number of hydrogen-bond acceptors (Lipinski definition) is 4. The highest BCUT2D eigenvalue weighted by Crippen LogP contribution is 2.07. The number of rotatable bonds is 3. The smallest absolute Gasteiger partial charge is 0.423 e. The highest BCUT2D eigenvalue weighted by atomic mass is 16.5. The van der Waals surface area contributed by atoms with Crippen LogP contribution in [0.2, 0.25) is 0 Å². The van der Waals surface area contributed by atoms with Crippen molar-refractivity contribution in [3.05, 3.63) is 29.3 Å². The van der Waals surface area contributed by atoms with Gasteiger partial charge in [0.05, 0.1) is 13.2 Å². The van der Waals surface area contributed by atoms with Crippen molar-refractivity contribution in [2.24, 2.45) is 0 Å². The van der Waals surface area contributed by atoms with Crippen LogP contribution in [0, 0.1) is 6.92 Å². The third-order valence-electron chi connectivity index (χ3n) is 3.13. The molecular weight excluding hydrogens is 217 g/mol. The largest absolute Gasteiger partial charge is 0.488 e. The molecule has 1 aromatic rings. The lowest BCUT2D eigenvalue weighted by Crippen LogP contribution is -2.37. The van der Waals surface area contributed by atoms with Crippen molar-refractivity contribution < 1.29 is 14.8 Å². The Morgan fingerprint density at radius 3 is 2.65 bits per heavy atom. The topological polar surface area (TPSA) is 52.9 Å². The predicted octanol–water partition coefficient (Wildman–Crippen LogP) is -0.493. The second-order valence-corrected chi connectivity index (χ2v) is 4.45. The Kier molecular flexibility index (Phi) is 4.18. The van der Waals surface area contributed by atoms with Crippen molar-refractivity contribution in [3.8, 4) is 0 Å². The first-order chi connectivity index (χ1) is 8.16. The minimum Gasteiger partial charge on any atom is -0.423 e. The second-order valence-electron chi connectivity index (χ2n) is 4.45. The van der Waals surface area contributed by atoms with E-state index in [0.717, 1.165) is 44.0 Å². The summed E-state index contributed by atoms with van der Waals surface area (Å²) in [6.07, 6.45) is 0. The van der Waals surface area contributed by atoms with Crippen LogP contribution < -0.4 is 5.46 Å². The SMILES string of the molecule is Cc1ccc(CN2CCOCC2)cc1B(O)O. The number of hydrogen-bond donors (Lipinski definition) is 2. The van der Waals surface area contributed by atoms with E-state index in [1.165, 1.54) is 0 Å². The molecule has 0 saturated carbocycles. The molecule has 1 heterocycles. The fraction of sp³-hybridized carbons (Fsp3) is 0.500. The van der Waals surface area contributed by atoms with Crippen LogP contribution >= 0.6 is 0 Å². The summed E-state index contributed by atoms with van der Waals surface area (Å²) in [7, 11) is -1.39. The normalized spacial score (nSPS) is 17.1. The monoisotopic (exact) mass is 235 g/mol. The van der Waals surface area contributed by atoms with Gasteiger partial charge in [0.1, 0.15) is 0 Å². The van der Waals surface area contributed by atoms with Gasteiger partial charge in [-0.3, -0.25) is 4.90 Å². The average Bonchev–Trinajstić information content (AvgIpc) is 2.32. The molecule has 1 aliphatic heterocycles.